The standard InChI is InChI=1S/C23H18BrN3O3/c1-14-7-9-15(10-8-14)21-25-20-6-4-3-5-17(20)23(29)27(21)26-22(28)18-13-16(30-2)11-12-19(18)24/h3-13H,1-2H3,(H,26,28). The van der Waals surface area contributed by atoms with Gasteiger partial charge in [0.2, 0.25) is 0 Å². The maximum atomic E-state index is 13.2. The average molecular weight is 464 g/mol. The van der Waals surface area contributed by atoms with Crippen LogP contribution in [0.25, 0.3) is 22.3 Å². The minimum Gasteiger partial charge on any atom is -0.497 e. The Hall–Kier alpha value is -3.45. The molecule has 1 aromatic heterocycles. The molecule has 1 heterocycles. The minimum absolute atomic E-state index is 0.337. The Morgan fingerprint density at radius 1 is 1.07 bits per heavy atom. The second-order valence-electron chi connectivity index (χ2n) is 6.75. The van der Waals surface area contributed by atoms with Crippen molar-refractivity contribution >= 4 is 32.7 Å². The van der Waals surface area contributed by atoms with Crippen LogP contribution >= 0.6 is 15.9 Å². The summed E-state index contributed by atoms with van der Waals surface area (Å²) >= 11 is 3.38. The number of nitrogens with zero attached hydrogens (tertiary/aromatic N) is 2. The lowest BCUT2D eigenvalue weighted by Crippen LogP contribution is -2.35. The maximum Gasteiger partial charge on any atom is 0.280 e. The molecular weight excluding hydrogens is 446 g/mol. The van der Waals surface area contributed by atoms with E-state index in [4.69, 9.17) is 4.74 Å². The monoisotopic (exact) mass is 463 g/mol. The smallest absolute Gasteiger partial charge is 0.280 e. The fraction of sp³-hybridized carbons (Fsp3) is 0.0870. The van der Waals surface area contributed by atoms with Crippen molar-refractivity contribution < 1.29 is 9.53 Å². The van der Waals surface area contributed by atoms with Crippen molar-refractivity contribution in [3.8, 4) is 17.1 Å². The SMILES string of the molecule is COc1ccc(Br)c(C(=O)Nn2c(-c3ccc(C)cc3)nc3ccccc3c2=O)c1. The molecule has 0 saturated carbocycles. The van der Waals surface area contributed by atoms with Crippen molar-refractivity contribution in [2.24, 2.45) is 0 Å². The maximum absolute atomic E-state index is 13.2. The number of para-hydroxylation sites is 1. The highest BCUT2D eigenvalue weighted by molar-refractivity contribution is 9.10. The first kappa shape index (κ1) is 19.8. The quantitative estimate of drug-likeness (QED) is 0.482. The normalized spacial score (nSPS) is 10.8. The van der Waals surface area contributed by atoms with Crippen molar-refractivity contribution in [2.75, 3.05) is 12.5 Å². The molecule has 0 aliphatic heterocycles. The number of carbonyl (C=O) groups is 1. The minimum atomic E-state index is -0.465. The zero-order chi connectivity index (χ0) is 21.3. The molecule has 0 unspecified atom stereocenters. The third-order valence-electron chi connectivity index (χ3n) is 4.72. The molecule has 4 aromatic rings. The van der Waals surface area contributed by atoms with Gasteiger partial charge in [0.05, 0.1) is 23.6 Å². The largest absolute Gasteiger partial charge is 0.497 e. The number of ether oxygens (including phenoxy) is 1. The molecule has 0 spiro atoms. The van der Waals surface area contributed by atoms with Crippen LogP contribution in [0, 0.1) is 6.92 Å². The molecule has 4 rings (SSSR count). The Morgan fingerprint density at radius 2 is 1.80 bits per heavy atom. The first-order chi connectivity index (χ1) is 14.5. The predicted molar refractivity (Wildman–Crippen MR) is 121 cm³/mol. The van der Waals surface area contributed by atoms with Gasteiger partial charge in [0, 0.05) is 10.0 Å². The van der Waals surface area contributed by atoms with E-state index in [1.54, 1.807) is 36.4 Å². The summed E-state index contributed by atoms with van der Waals surface area (Å²) in [5.41, 5.74) is 5.05. The summed E-state index contributed by atoms with van der Waals surface area (Å²) in [6.07, 6.45) is 0. The number of halogens is 1. The van der Waals surface area contributed by atoms with Crippen molar-refractivity contribution in [1.29, 1.82) is 0 Å². The molecule has 0 atom stereocenters. The van der Waals surface area contributed by atoms with Gasteiger partial charge in [-0.05, 0) is 53.2 Å². The van der Waals surface area contributed by atoms with Crippen LogP contribution in [0.4, 0.5) is 0 Å². The number of amides is 1. The molecule has 0 bridgehead atoms. The summed E-state index contributed by atoms with van der Waals surface area (Å²) in [7, 11) is 1.53. The molecule has 150 valence electrons. The Labute approximate surface area is 181 Å². The third-order valence-corrected chi connectivity index (χ3v) is 5.41. The summed E-state index contributed by atoms with van der Waals surface area (Å²) in [5, 5.41) is 0.415. The van der Waals surface area contributed by atoms with Crippen LogP contribution in [-0.2, 0) is 0 Å². The van der Waals surface area contributed by atoms with Gasteiger partial charge >= 0.3 is 0 Å². The van der Waals surface area contributed by atoms with Gasteiger partial charge in [0.15, 0.2) is 5.82 Å². The topological polar surface area (TPSA) is 73.2 Å². The van der Waals surface area contributed by atoms with E-state index in [1.807, 2.05) is 37.3 Å². The lowest BCUT2D eigenvalue weighted by molar-refractivity contribution is 0.101. The zero-order valence-electron chi connectivity index (χ0n) is 16.3. The zero-order valence-corrected chi connectivity index (χ0v) is 17.9. The van der Waals surface area contributed by atoms with Crippen LogP contribution in [-0.4, -0.2) is 22.7 Å². The molecule has 0 saturated heterocycles. The number of aromatic nitrogens is 2. The van der Waals surface area contributed by atoms with E-state index in [2.05, 4.69) is 26.3 Å². The van der Waals surface area contributed by atoms with Gasteiger partial charge in [0.1, 0.15) is 5.75 Å². The van der Waals surface area contributed by atoms with Crippen LogP contribution in [0.5, 0.6) is 5.75 Å². The Bertz CT molecular complexity index is 1310. The number of rotatable bonds is 4. The van der Waals surface area contributed by atoms with E-state index in [-0.39, 0.29) is 5.56 Å². The second kappa shape index (κ2) is 8.12. The third kappa shape index (κ3) is 3.71. The Kier molecular flexibility index (Phi) is 5.37. The number of carbonyl (C=O) groups excluding carboxylic acids is 1. The first-order valence-electron chi connectivity index (χ1n) is 9.21. The van der Waals surface area contributed by atoms with Gasteiger partial charge in [0.25, 0.3) is 11.5 Å². The van der Waals surface area contributed by atoms with Crippen molar-refractivity contribution in [2.45, 2.75) is 6.92 Å². The average Bonchev–Trinajstić information content (AvgIpc) is 2.76. The lowest BCUT2D eigenvalue weighted by Gasteiger charge is -2.15. The Balaban J connectivity index is 1.88. The number of fused-ring (bicyclic) bond motifs is 1. The van der Waals surface area contributed by atoms with E-state index in [0.29, 0.717) is 38.1 Å². The Morgan fingerprint density at radius 3 is 2.53 bits per heavy atom. The van der Waals surface area contributed by atoms with Crippen LogP contribution in [0.2, 0.25) is 0 Å². The summed E-state index contributed by atoms with van der Waals surface area (Å²) in [5.74, 6) is 0.422. The highest BCUT2D eigenvalue weighted by Crippen LogP contribution is 2.23. The van der Waals surface area contributed by atoms with Gasteiger partial charge in [-0.25, -0.2) is 4.98 Å². The van der Waals surface area contributed by atoms with E-state index >= 15 is 0 Å². The van der Waals surface area contributed by atoms with Crippen LogP contribution in [0.1, 0.15) is 15.9 Å². The van der Waals surface area contributed by atoms with Crippen molar-refractivity contribution in [3.63, 3.8) is 0 Å². The van der Waals surface area contributed by atoms with E-state index < -0.39 is 5.91 Å². The van der Waals surface area contributed by atoms with Gasteiger partial charge in [-0.1, -0.05) is 42.0 Å². The second-order valence-corrected chi connectivity index (χ2v) is 7.60. The molecule has 0 aliphatic rings. The molecule has 30 heavy (non-hydrogen) atoms. The molecule has 1 N–H and O–H groups in total. The summed E-state index contributed by atoms with van der Waals surface area (Å²) in [4.78, 5) is 30.9. The number of hydrogen-bond donors (Lipinski definition) is 1. The van der Waals surface area contributed by atoms with Gasteiger partial charge < -0.3 is 4.74 Å². The highest BCUT2D eigenvalue weighted by atomic mass is 79.9. The predicted octanol–water partition coefficient (Wildman–Crippen LogP) is 4.53. The van der Waals surface area contributed by atoms with Gasteiger partial charge in [-0.2, -0.15) is 4.68 Å². The molecule has 6 nitrogen and oxygen atoms in total. The van der Waals surface area contributed by atoms with Gasteiger partial charge in [-0.3, -0.25) is 15.0 Å². The number of hydrogen-bond acceptors (Lipinski definition) is 4. The van der Waals surface area contributed by atoms with E-state index in [1.165, 1.54) is 11.8 Å². The summed E-state index contributed by atoms with van der Waals surface area (Å²) in [6.45, 7) is 1.98. The molecule has 1 amide bonds. The van der Waals surface area contributed by atoms with Crippen LogP contribution < -0.4 is 15.7 Å². The molecule has 3 aromatic carbocycles. The summed E-state index contributed by atoms with van der Waals surface area (Å²) < 4.78 is 6.99. The fourth-order valence-electron chi connectivity index (χ4n) is 3.10. The van der Waals surface area contributed by atoms with E-state index in [9.17, 15) is 9.59 Å². The summed E-state index contributed by atoms with van der Waals surface area (Å²) in [6, 6.07) is 19.7. The number of methoxy groups -OCH3 is 1. The van der Waals surface area contributed by atoms with Crippen LogP contribution in [0.15, 0.2) is 76.0 Å². The van der Waals surface area contributed by atoms with Crippen molar-refractivity contribution in [1.82, 2.24) is 9.66 Å². The fourth-order valence-corrected chi connectivity index (χ4v) is 3.53. The first-order valence-corrected chi connectivity index (χ1v) is 10.0. The molecule has 0 fully saturated rings. The molecular formula is C23H18BrN3O3. The number of nitrogens with one attached hydrogen (secondary N) is 1. The van der Waals surface area contributed by atoms with Crippen molar-refractivity contribution in [3.05, 3.63) is 92.7 Å². The van der Waals surface area contributed by atoms with E-state index in [0.717, 1.165) is 5.56 Å². The molecule has 0 radical (unpaired) electrons. The van der Waals surface area contributed by atoms with Gasteiger partial charge in [-0.15, -0.1) is 0 Å². The molecule has 7 heteroatoms. The highest BCUT2D eigenvalue weighted by Gasteiger charge is 2.18. The lowest BCUT2D eigenvalue weighted by atomic mass is 10.1. The number of aryl methyl sites for hydroxylation is 1. The number of benzene rings is 3. The molecule has 0 aliphatic carbocycles. The van der Waals surface area contributed by atoms with Crippen LogP contribution in [0.3, 0.4) is 0 Å².